The molecule has 1 saturated heterocycles. The number of likely N-dealkylation sites (tertiary alicyclic amines) is 1. The molecule has 0 aliphatic carbocycles. The topological polar surface area (TPSA) is 72.3 Å². The summed E-state index contributed by atoms with van der Waals surface area (Å²) in [5.74, 6) is -0.359. The minimum absolute atomic E-state index is 0.103. The lowest BCUT2D eigenvalue weighted by molar-refractivity contribution is -0.128. The maximum atomic E-state index is 12.8. The summed E-state index contributed by atoms with van der Waals surface area (Å²) in [6.07, 6.45) is 1.44. The number of carbonyl (C=O) groups excluding carboxylic acids is 1. The Bertz CT molecular complexity index is 539. The lowest BCUT2D eigenvalue weighted by atomic mass is 10.4. The van der Waals surface area contributed by atoms with Crippen LogP contribution >= 0.6 is 0 Å². The van der Waals surface area contributed by atoms with Gasteiger partial charge in [-0.2, -0.15) is 13.5 Å². The molecule has 1 aliphatic rings. The number of nitrogens with zero attached hydrogens (tertiary/aromatic N) is 3. The largest absolute Gasteiger partial charge is 0.335 e. The molecular formula is C9H12FN3O3S. The summed E-state index contributed by atoms with van der Waals surface area (Å²) in [4.78, 5) is 12.8. The Morgan fingerprint density at radius 3 is 2.76 bits per heavy atom. The van der Waals surface area contributed by atoms with Gasteiger partial charge < -0.3 is 4.90 Å². The minimum atomic E-state index is -4.64. The van der Waals surface area contributed by atoms with Crippen LogP contribution in [-0.4, -0.2) is 40.8 Å². The number of hydrogen-bond donors (Lipinski definition) is 0. The van der Waals surface area contributed by atoms with Crippen molar-refractivity contribution in [1.29, 1.82) is 0 Å². The second kappa shape index (κ2) is 4.10. The SMILES string of the molecule is Cn1ccc(CN2CC(S(=O)(=O)F)CC2=O)n1. The van der Waals surface area contributed by atoms with Crippen molar-refractivity contribution in [3.63, 3.8) is 0 Å². The van der Waals surface area contributed by atoms with E-state index in [-0.39, 0.29) is 25.4 Å². The van der Waals surface area contributed by atoms with Gasteiger partial charge in [0.25, 0.3) is 0 Å². The van der Waals surface area contributed by atoms with E-state index in [1.165, 1.54) is 4.90 Å². The molecule has 0 spiro atoms. The van der Waals surface area contributed by atoms with Gasteiger partial charge in [0.15, 0.2) is 0 Å². The van der Waals surface area contributed by atoms with Gasteiger partial charge in [0.05, 0.1) is 12.2 Å². The first-order valence-electron chi connectivity index (χ1n) is 5.06. The number of carbonyl (C=O) groups is 1. The van der Waals surface area contributed by atoms with E-state index >= 15 is 0 Å². The van der Waals surface area contributed by atoms with Crippen molar-refractivity contribution < 1.29 is 17.1 Å². The predicted octanol–water partition coefficient (Wildman–Crippen LogP) is -0.180. The van der Waals surface area contributed by atoms with Crippen LogP contribution in [-0.2, 0) is 28.6 Å². The number of aromatic nitrogens is 2. The number of hydrogen-bond acceptors (Lipinski definition) is 4. The van der Waals surface area contributed by atoms with Gasteiger partial charge in [-0.05, 0) is 6.07 Å². The van der Waals surface area contributed by atoms with E-state index in [9.17, 15) is 17.1 Å². The second-order valence-electron chi connectivity index (χ2n) is 4.06. The minimum Gasteiger partial charge on any atom is -0.335 e. The number of amides is 1. The molecule has 1 fully saturated rings. The van der Waals surface area contributed by atoms with Gasteiger partial charge in [0.1, 0.15) is 5.25 Å². The van der Waals surface area contributed by atoms with Gasteiger partial charge in [0.2, 0.25) is 5.91 Å². The van der Waals surface area contributed by atoms with Gasteiger partial charge in [0, 0.05) is 26.2 Å². The summed E-state index contributed by atoms with van der Waals surface area (Å²) in [6, 6.07) is 1.73. The summed E-state index contributed by atoms with van der Waals surface area (Å²) in [7, 11) is -2.90. The number of halogens is 1. The van der Waals surface area contributed by atoms with Crippen LogP contribution in [0.15, 0.2) is 12.3 Å². The van der Waals surface area contributed by atoms with Gasteiger partial charge in [-0.1, -0.05) is 0 Å². The lowest BCUT2D eigenvalue weighted by Crippen LogP contribution is -2.27. The molecule has 0 saturated carbocycles. The third kappa shape index (κ3) is 2.63. The molecular weight excluding hydrogens is 249 g/mol. The first kappa shape index (κ1) is 12.0. The smallest absolute Gasteiger partial charge is 0.307 e. The normalized spacial score (nSPS) is 21.2. The first-order chi connectivity index (χ1) is 7.86. The van der Waals surface area contributed by atoms with Crippen LogP contribution in [0.3, 0.4) is 0 Å². The van der Waals surface area contributed by atoms with Crippen molar-refractivity contribution in [2.24, 2.45) is 7.05 Å². The molecule has 0 radical (unpaired) electrons. The van der Waals surface area contributed by atoms with Crippen LogP contribution in [0.5, 0.6) is 0 Å². The zero-order valence-corrected chi connectivity index (χ0v) is 10.0. The van der Waals surface area contributed by atoms with Crippen LogP contribution in [0.25, 0.3) is 0 Å². The summed E-state index contributed by atoms with van der Waals surface area (Å²) in [5, 5.41) is 2.84. The highest BCUT2D eigenvalue weighted by atomic mass is 32.3. The van der Waals surface area contributed by atoms with Crippen molar-refractivity contribution in [3.05, 3.63) is 18.0 Å². The monoisotopic (exact) mass is 261 g/mol. The maximum Gasteiger partial charge on any atom is 0.307 e. The summed E-state index contributed by atoms with van der Waals surface area (Å²) in [6.45, 7) is 0.111. The molecule has 1 aromatic heterocycles. The van der Waals surface area contributed by atoms with Crippen molar-refractivity contribution in [2.45, 2.75) is 18.2 Å². The van der Waals surface area contributed by atoms with Crippen molar-refractivity contribution in [3.8, 4) is 0 Å². The highest BCUT2D eigenvalue weighted by molar-refractivity contribution is 7.87. The third-order valence-corrected chi connectivity index (χ3v) is 3.81. The lowest BCUT2D eigenvalue weighted by Gasteiger charge is -2.13. The second-order valence-corrected chi connectivity index (χ2v) is 5.67. The van der Waals surface area contributed by atoms with E-state index in [2.05, 4.69) is 5.10 Å². The molecule has 1 amide bonds. The van der Waals surface area contributed by atoms with Gasteiger partial charge in [-0.15, -0.1) is 3.89 Å². The molecule has 1 aromatic rings. The van der Waals surface area contributed by atoms with Gasteiger partial charge >= 0.3 is 10.2 Å². The zero-order chi connectivity index (χ0) is 12.6. The molecule has 0 N–H and O–H groups in total. The highest BCUT2D eigenvalue weighted by Crippen LogP contribution is 2.21. The van der Waals surface area contributed by atoms with Crippen LogP contribution in [0.2, 0.25) is 0 Å². The molecule has 0 aromatic carbocycles. The number of aryl methyl sites for hydroxylation is 1. The van der Waals surface area contributed by atoms with Crippen LogP contribution in [0.1, 0.15) is 12.1 Å². The highest BCUT2D eigenvalue weighted by Gasteiger charge is 2.38. The standard InChI is InChI=1S/C9H12FN3O3S/c1-12-3-2-7(11-12)5-13-6-8(4-9(13)14)17(10,15)16/h2-3,8H,4-6H2,1H3. The molecule has 2 rings (SSSR count). The molecule has 1 unspecified atom stereocenters. The fraction of sp³-hybridized carbons (Fsp3) is 0.556. The van der Waals surface area contributed by atoms with Crippen molar-refractivity contribution >= 4 is 16.1 Å². The van der Waals surface area contributed by atoms with E-state index in [1.807, 2.05) is 0 Å². The molecule has 8 heteroatoms. The Hall–Kier alpha value is -1.44. The predicted molar refractivity (Wildman–Crippen MR) is 57.1 cm³/mol. The Labute approximate surface area is 98.2 Å². The molecule has 17 heavy (non-hydrogen) atoms. The van der Waals surface area contributed by atoms with Crippen molar-refractivity contribution in [2.75, 3.05) is 6.54 Å². The van der Waals surface area contributed by atoms with E-state index in [4.69, 9.17) is 0 Å². The Morgan fingerprint density at radius 2 is 2.29 bits per heavy atom. The van der Waals surface area contributed by atoms with Crippen LogP contribution in [0.4, 0.5) is 3.89 Å². The molecule has 2 heterocycles. The quantitative estimate of drug-likeness (QED) is 0.708. The van der Waals surface area contributed by atoms with E-state index in [0.717, 1.165) is 0 Å². The van der Waals surface area contributed by atoms with Crippen LogP contribution < -0.4 is 0 Å². The summed E-state index contributed by atoms with van der Waals surface area (Å²) in [5.41, 5.74) is 0.651. The molecule has 1 atom stereocenters. The third-order valence-electron chi connectivity index (χ3n) is 2.70. The average Bonchev–Trinajstić information content (AvgIpc) is 2.74. The Morgan fingerprint density at radius 1 is 1.59 bits per heavy atom. The molecule has 0 bridgehead atoms. The Kier molecular flexibility index (Phi) is 2.90. The summed E-state index contributed by atoms with van der Waals surface area (Å²) >= 11 is 0. The molecule has 1 aliphatic heterocycles. The average molecular weight is 261 g/mol. The zero-order valence-electron chi connectivity index (χ0n) is 9.21. The van der Waals surface area contributed by atoms with Gasteiger partial charge in [-0.3, -0.25) is 9.48 Å². The number of rotatable bonds is 3. The fourth-order valence-electron chi connectivity index (χ4n) is 1.82. The first-order valence-corrected chi connectivity index (χ1v) is 6.50. The van der Waals surface area contributed by atoms with Crippen molar-refractivity contribution in [1.82, 2.24) is 14.7 Å². The maximum absolute atomic E-state index is 12.8. The van der Waals surface area contributed by atoms with Crippen LogP contribution in [0, 0.1) is 0 Å². The fourth-order valence-corrected chi connectivity index (χ4v) is 2.52. The molecule has 94 valence electrons. The van der Waals surface area contributed by atoms with E-state index < -0.39 is 15.5 Å². The van der Waals surface area contributed by atoms with E-state index in [0.29, 0.717) is 5.69 Å². The van der Waals surface area contributed by atoms with Gasteiger partial charge in [-0.25, -0.2) is 0 Å². The summed E-state index contributed by atoms with van der Waals surface area (Å²) < 4.78 is 35.8. The Balaban J connectivity index is 2.07. The molecule has 6 nitrogen and oxygen atoms in total. The van der Waals surface area contributed by atoms with E-state index in [1.54, 1.807) is 24.0 Å².